The summed E-state index contributed by atoms with van der Waals surface area (Å²) in [6.45, 7) is 3.15. The first-order chi connectivity index (χ1) is 10.6. The summed E-state index contributed by atoms with van der Waals surface area (Å²) in [6.07, 6.45) is 3.77. The zero-order valence-electron chi connectivity index (χ0n) is 12.9. The van der Waals surface area contributed by atoms with Crippen LogP contribution in [0, 0.1) is 0 Å². The van der Waals surface area contributed by atoms with E-state index in [1.54, 1.807) is 24.3 Å². The van der Waals surface area contributed by atoms with Crippen molar-refractivity contribution in [3.63, 3.8) is 0 Å². The number of unbranched alkanes of at least 4 members (excludes halogenated alkanes) is 2. The lowest BCUT2D eigenvalue weighted by molar-refractivity contribution is -0.121. The van der Waals surface area contributed by atoms with E-state index in [0.29, 0.717) is 30.6 Å². The molecule has 0 saturated heterocycles. The first kappa shape index (κ1) is 16.2. The molecule has 0 aromatic heterocycles. The molecule has 3 amide bonds. The van der Waals surface area contributed by atoms with E-state index in [1.807, 2.05) is 6.92 Å². The highest BCUT2D eigenvalue weighted by Crippen LogP contribution is 2.22. The van der Waals surface area contributed by atoms with E-state index < -0.39 is 0 Å². The number of nitrogens with one attached hydrogen (secondary N) is 1. The fraction of sp³-hybridized carbons (Fsp3) is 0.471. The lowest BCUT2D eigenvalue weighted by Gasteiger charge is -2.13. The molecule has 1 aromatic rings. The average Bonchev–Trinajstić information content (AvgIpc) is 2.77. The molecule has 1 N–H and O–H groups in total. The summed E-state index contributed by atoms with van der Waals surface area (Å²) in [5.74, 6) is -0.342. The maximum absolute atomic E-state index is 12.1. The minimum atomic E-state index is -0.207. The standard InChI is InChI=1S/C17H22N2O3/c1-2-11-18-15(20)10-4-3-7-12-19-16(21)13-8-5-6-9-14(13)17(19)22/h5-6,8-9H,2-4,7,10-12H2,1H3,(H,18,20). The SMILES string of the molecule is CCCNC(=O)CCCCCN1C(=O)c2ccccc2C1=O. The summed E-state index contributed by atoms with van der Waals surface area (Å²) < 4.78 is 0. The number of carbonyl (C=O) groups excluding carboxylic acids is 3. The van der Waals surface area contributed by atoms with Gasteiger partial charge in [-0.15, -0.1) is 0 Å². The summed E-state index contributed by atoms with van der Waals surface area (Å²) in [4.78, 5) is 37.0. The second kappa shape index (κ2) is 7.73. The monoisotopic (exact) mass is 302 g/mol. The Kier molecular flexibility index (Phi) is 5.69. The molecule has 0 atom stereocenters. The summed E-state index contributed by atoms with van der Waals surface area (Å²) in [7, 11) is 0. The van der Waals surface area contributed by atoms with Crippen molar-refractivity contribution >= 4 is 17.7 Å². The molecule has 0 spiro atoms. The lowest BCUT2D eigenvalue weighted by atomic mass is 10.1. The molecule has 1 heterocycles. The predicted molar refractivity (Wildman–Crippen MR) is 83.6 cm³/mol. The van der Waals surface area contributed by atoms with E-state index in [1.165, 1.54) is 4.90 Å². The zero-order valence-corrected chi connectivity index (χ0v) is 12.9. The molecule has 1 aliphatic rings. The van der Waals surface area contributed by atoms with E-state index in [-0.39, 0.29) is 17.7 Å². The van der Waals surface area contributed by atoms with Crippen molar-refractivity contribution in [1.29, 1.82) is 0 Å². The molecule has 22 heavy (non-hydrogen) atoms. The van der Waals surface area contributed by atoms with Crippen molar-refractivity contribution in [1.82, 2.24) is 10.2 Å². The Balaban J connectivity index is 1.72. The Morgan fingerprint density at radius 3 is 2.27 bits per heavy atom. The third-order valence-corrected chi connectivity index (χ3v) is 3.74. The summed E-state index contributed by atoms with van der Waals surface area (Å²) in [5, 5.41) is 2.83. The number of imide groups is 1. The van der Waals surface area contributed by atoms with Crippen LogP contribution < -0.4 is 5.32 Å². The molecular weight excluding hydrogens is 280 g/mol. The van der Waals surface area contributed by atoms with Crippen LogP contribution in [0.1, 0.15) is 59.7 Å². The van der Waals surface area contributed by atoms with Gasteiger partial charge in [-0.05, 0) is 31.4 Å². The van der Waals surface area contributed by atoms with Crippen molar-refractivity contribution in [3.05, 3.63) is 35.4 Å². The van der Waals surface area contributed by atoms with Gasteiger partial charge in [-0.2, -0.15) is 0 Å². The number of amides is 3. The van der Waals surface area contributed by atoms with Crippen LogP contribution in [0.3, 0.4) is 0 Å². The minimum absolute atomic E-state index is 0.0718. The molecule has 118 valence electrons. The molecule has 2 rings (SSSR count). The Labute approximate surface area is 130 Å². The van der Waals surface area contributed by atoms with Crippen molar-refractivity contribution in [2.45, 2.75) is 39.0 Å². The van der Waals surface area contributed by atoms with Gasteiger partial charge in [0.15, 0.2) is 0 Å². The lowest BCUT2D eigenvalue weighted by Crippen LogP contribution is -2.30. The van der Waals surface area contributed by atoms with Gasteiger partial charge in [-0.3, -0.25) is 19.3 Å². The van der Waals surface area contributed by atoms with E-state index >= 15 is 0 Å². The largest absolute Gasteiger partial charge is 0.356 e. The normalized spacial score (nSPS) is 13.4. The number of fused-ring (bicyclic) bond motifs is 1. The summed E-state index contributed by atoms with van der Waals surface area (Å²) in [6, 6.07) is 6.91. The van der Waals surface area contributed by atoms with Gasteiger partial charge in [-0.25, -0.2) is 0 Å². The van der Waals surface area contributed by atoms with E-state index in [2.05, 4.69) is 5.32 Å². The molecular formula is C17H22N2O3. The second-order valence-corrected chi connectivity index (χ2v) is 5.47. The number of nitrogens with zero attached hydrogens (tertiary/aromatic N) is 1. The van der Waals surface area contributed by atoms with Crippen LogP contribution >= 0.6 is 0 Å². The zero-order chi connectivity index (χ0) is 15.9. The van der Waals surface area contributed by atoms with Crippen LogP contribution in [0.15, 0.2) is 24.3 Å². The maximum atomic E-state index is 12.1. The molecule has 5 nitrogen and oxygen atoms in total. The van der Waals surface area contributed by atoms with Crippen molar-refractivity contribution in [2.24, 2.45) is 0 Å². The summed E-state index contributed by atoms with van der Waals surface area (Å²) in [5.41, 5.74) is 0.984. The topological polar surface area (TPSA) is 66.5 Å². The predicted octanol–water partition coefficient (Wildman–Crippen LogP) is 2.37. The number of carbonyl (C=O) groups is 3. The maximum Gasteiger partial charge on any atom is 0.261 e. The molecule has 0 aliphatic carbocycles. The van der Waals surface area contributed by atoms with Crippen LogP contribution in [-0.2, 0) is 4.79 Å². The van der Waals surface area contributed by atoms with Crippen LogP contribution in [0.2, 0.25) is 0 Å². The molecule has 0 fully saturated rings. The molecule has 0 radical (unpaired) electrons. The minimum Gasteiger partial charge on any atom is -0.356 e. The van der Waals surface area contributed by atoms with E-state index in [4.69, 9.17) is 0 Å². The van der Waals surface area contributed by atoms with Crippen LogP contribution in [0.25, 0.3) is 0 Å². The van der Waals surface area contributed by atoms with Gasteiger partial charge < -0.3 is 5.32 Å². The smallest absolute Gasteiger partial charge is 0.261 e. The van der Waals surface area contributed by atoms with E-state index in [0.717, 1.165) is 25.7 Å². The molecule has 0 bridgehead atoms. The van der Waals surface area contributed by atoms with Crippen molar-refractivity contribution < 1.29 is 14.4 Å². The number of hydrogen-bond acceptors (Lipinski definition) is 3. The Morgan fingerprint density at radius 1 is 1.05 bits per heavy atom. The summed E-state index contributed by atoms with van der Waals surface area (Å²) >= 11 is 0. The fourth-order valence-corrected chi connectivity index (χ4v) is 2.53. The molecule has 1 aliphatic heterocycles. The quantitative estimate of drug-likeness (QED) is 0.592. The highest BCUT2D eigenvalue weighted by molar-refractivity contribution is 6.21. The van der Waals surface area contributed by atoms with Gasteiger partial charge in [0.1, 0.15) is 0 Å². The van der Waals surface area contributed by atoms with Crippen LogP contribution in [-0.4, -0.2) is 35.7 Å². The van der Waals surface area contributed by atoms with Gasteiger partial charge in [0, 0.05) is 19.5 Å². The first-order valence-electron chi connectivity index (χ1n) is 7.87. The van der Waals surface area contributed by atoms with E-state index in [9.17, 15) is 14.4 Å². The average molecular weight is 302 g/mol. The number of benzene rings is 1. The number of rotatable bonds is 8. The molecule has 0 saturated carbocycles. The second-order valence-electron chi connectivity index (χ2n) is 5.47. The van der Waals surface area contributed by atoms with Crippen molar-refractivity contribution in [2.75, 3.05) is 13.1 Å². The van der Waals surface area contributed by atoms with Gasteiger partial charge in [0.25, 0.3) is 11.8 Å². The fourth-order valence-electron chi connectivity index (χ4n) is 2.53. The van der Waals surface area contributed by atoms with Gasteiger partial charge >= 0.3 is 0 Å². The Morgan fingerprint density at radius 2 is 1.68 bits per heavy atom. The molecule has 1 aromatic carbocycles. The van der Waals surface area contributed by atoms with Gasteiger partial charge in [0.2, 0.25) is 5.91 Å². The molecule has 5 heteroatoms. The van der Waals surface area contributed by atoms with Crippen LogP contribution in [0.4, 0.5) is 0 Å². The Bertz CT molecular complexity index is 534. The van der Waals surface area contributed by atoms with Gasteiger partial charge in [-0.1, -0.05) is 25.5 Å². The third kappa shape index (κ3) is 3.72. The van der Waals surface area contributed by atoms with Crippen molar-refractivity contribution in [3.8, 4) is 0 Å². The Hall–Kier alpha value is -2.17. The first-order valence-corrected chi connectivity index (χ1v) is 7.87. The van der Waals surface area contributed by atoms with Gasteiger partial charge in [0.05, 0.1) is 11.1 Å². The third-order valence-electron chi connectivity index (χ3n) is 3.74. The highest BCUT2D eigenvalue weighted by atomic mass is 16.2. The highest BCUT2D eigenvalue weighted by Gasteiger charge is 2.34. The van der Waals surface area contributed by atoms with Crippen LogP contribution in [0.5, 0.6) is 0 Å². The molecule has 0 unspecified atom stereocenters. The number of hydrogen-bond donors (Lipinski definition) is 1.